The number of nitrogens with zero attached hydrogens (tertiary/aromatic N) is 4. The van der Waals surface area contributed by atoms with Crippen molar-refractivity contribution in [3.63, 3.8) is 0 Å². The number of carbonyl (C=O) groups is 3. The first-order chi connectivity index (χ1) is 12.5. The number of carbonyl (C=O) groups excluding carboxylic acids is 3. The van der Waals surface area contributed by atoms with Gasteiger partial charge in [-0.1, -0.05) is 30.3 Å². The van der Waals surface area contributed by atoms with Gasteiger partial charge in [-0.05, 0) is 24.6 Å². The Morgan fingerprint density at radius 3 is 2.69 bits per heavy atom. The van der Waals surface area contributed by atoms with Crippen LogP contribution in [0.3, 0.4) is 0 Å². The highest BCUT2D eigenvalue weighted by molar-refractivity contribution is 6.09. The van der Waals surface area contributed by atoms with E-state index in [-0.39, 0.29) is 5.69 Å². The molecule has 1 fully saturated rings. The molecule has 3 aromatic rings. The number of imide groups is 1. The number of hydrogen-bond acceptors (Lipinski definition) is 5. The molecular formula is C17H14N6O3. The van der Waals surface area contributed by atoms with Crippen molar-refractivity contribution < 1.29 is 14.4 Å². The minimum Gasteiger partial charge on any atom is -0.318 e. The second-order valence-electron chi connectivity index (χ2n) is 5.94. The summed E-state index contributed by atoms with van der Waals surface area (Å²) < 4.78 is 1.32. The first kappa shape index (κ1) is 15.8. The molecule has 1 saturated heterocycles. The number of rotatable bonds is 3. The highest BCUT2D eigenvalue weighted by Gasteiger charge is 2.50. The average Bonchev–Trinajstić information content (AvgIpc) is 3.18. The van der Waals surface area contributed by atoms with Crippen LogP contribution in [-0.2, 0) is 10.3 Å². The van der Waals surface area contributed by atoms with E-state index < -0.39 is 23.4 Å². The standard InChI is InChI=1S/C17H14N6O3/c1-17(11-6-3-2-4-7-11)15(25)23(16(26)20-17)21-14(24)12-10-18-13-8-5-9-19-22(12)13/h2-10H,1H3,(H,20,26)(H,21,24). The fourth-order valence-electron chi connectivity index (χ4n) is 2.85. The Bertz CT molecular complexity index is 1030. The smallest absolute Gasteiger partial charge is 0.318 e. The van der Waals surface area contributed by atoms with E-state index in [1.54, 1.807) is 43.3 Å². The number of aromatic nitrogens is 3. The average molecular weight is 350 g/mol. The fourth-order valence-corrected chi connectivity index (χ4v) is 2.85. The van der Waals surface area contributed by atoms with Crippen LogP contribution < -0.4 is 10.7 Å². The van der Waals surface area contributed by atoms with Crippen molar-refractivity contribution in [2.45, 2.75) is 12.5 Å². The van der Waals surface area contributed by atoms with Crippen molar-refractivity contribution in [1.82, 2.24) is 30.3 Å². The van der Waals surface area contributed by atoms with Gasteiger partial charge in [-0.25, -0.2) is 14.3 Å². The molecule has 1 unspecified atom stereocenters. The van der Waals surface area contributed by atoms with Gasteiger partial charge in [0.25, 0.3) is 11.8 Å². The molecule has 0 spiro atoms. The Hall–Kier alpha value is -3.75. The highest BCUT2D eigenvalue weighted by atomic mass is 16.2. The van der Waals surface area contributed by atoms with E-state index in [4.69, 9.17) is 0 Å². The summed E-state index contributed by atoms with van der Waals surface area (Å²) in [6.07, 6.45) is 2.83. The van der Waals surface area contributed by atoms with Gasteiger partial charge in [0.05, 0.1) is 6.20 Å². The summed E-state index contributed by atoms with van der Waals surface area (Å²) in [6.45, 7) is 1.59. The lowest BCUT2D eigenvalue weighted by Crippen LogP contribution is -2.48. The van der Waals surface area contributed by atoms with Crippen LogP contribution in [0, 0.1) is 0 Å². The third kappa shape index (κ3) is 2.29. The quantitative estimate of drug-likeness (QED) is 0.681. The summed E-state index contributed by atoms with van der Waals surface area (Å²) in [6, 6.07) is 11.5. The molecule has 0 aliphatic carbocycles. The van der Waals surface area contributed by atoms with Gasteiger partial charge in [-0.15, -0.1) is 0 Å². The number of hydrazine groups is 1. The molecule has 130 valence electrons. The Morgan fingerprint density at radius 2 is 1.92 bits per heavy atom. The summed E-state index contributed by atoms with van der Waals surface area (Å²) in [5.41, 5.74) is 2.27. The summed E-state index contributed by atoms with van der Waals surface area (Å²) in [4.78, 5) is 41.7. The topological polar surface area (TPSA) is 109 Å². The first-order valence-corrected chi connectivity index (χ1v) is 7.83. The monoisotopic (exact) mass is 350 g/mol. The van der Waals surface area contributed by atoms with Gasteiger partial charge in [-0.3, -0.25) is 15.0 Å². The summed E-state index contributed by atoms with van der Waals surface area (Å²) in [7, 11) is 0. The minimum atomic E-state index is -1.26. The molecule has 1 aromatic carbocycles. The molecule has 0 bridgehead atoms. The van der Waals surface area contributed by atoms with E-state index in [0.29, 0.717) is 16.2 Å². The van der Waals surface area contributed by atoms with Gasteiger partial charge in [0.1, 0.15) is 5.54 Å². The minimum absolute atomic E-state index is 0.106. The van der Waals surface area contributed by atoms with E-state index in [2.05, 4.69) is 20.8 Å². The van der Waals surface area contributed by atoms with Gasteiger partial charge in [0, 0.05) is 6.20 Å². The molecule has 0 saturated carbocycles. The van der Waals surface area contributed by atoms with Crippen LogP contribution >= 0.6 is 0 Å². The fraction of sp³-hybridized carbons (Fsp3) is 0.118. The SMILES string of the molecule is CC1(c2ccccc2)NC(=O)N(NC(=O)c2cnc3cccnn23)C1=O. The van der Waals surface area contributed by atoms with E-state index in [0.717, 1.165) is 0 Å². The van der Waals surface area contributed by atoms with Gasteiger partial charge in [-0.2, -0.15) is 10.1 Å². The molecule has 1 aliphatic rings. The molecule has 9 nitrogen and oxygen atoms in total. The molecule has 4 amide bonds. The number of hydrogen-bond donors (Lipinski definition) is 2. The predicted molar refractivity (Wildman–Crippen MR) is 89.6 cm³/mol. The maximum atomic E-state index is 12.8. The maximum absolute atomic E-state index is 12.8. The zero-order valence-electron chi connectivity index (χ0n) is 13.7. The normalized spacial score (nSPS) is 19.7. The summed E-state index contributed by atoms with van der Waals surface area (Å²) in [5.74, 6) is -1.25. The highest BCUT2D eigenvalue weighted by Crippen LogP contribution is 2.27. The van der Waals surface area contributed by atoms with Crippen LogP contribution in [0.1, 0.15) is 23.0 Å². The van der Waals surface area contributed by atoms with Crippen molar-refractivity contribution in [3.8, 4) is 0 Å². The second-order valence-corrected chi connectivity index (χ2v) is 5.94. The molecule has 26 heavy (non-hydrogen) atoms. The number of nitrogens with one attached hydrogen (secondary N) is 2. The molecule has 2 aromatic heterocycles. The molecule has 4 rings (SSSR count). The largest absolute Gasteiger partial charge is 0.344 e. The summed E-state index contributed by atoms with van der Waals surface area (Å²) in [5, 5.41) is 7.34. The van der Waals surface area contributed by atoms with Gasteiger partial charge in [0.15, 0.2) is 11.3 Å². The van der Waals surface area contributed by atoms with Gasteiger partial charge >= 0.3 is 6.03 Å². The number of benzene rings is 1. The number of urea groups is 1. The van der Waals surface area contributed by atoms with Gasteiger partial charge < -0.3 is 5.32 Å². The zero-order valence-corrected chi connectivity index (χ0v) is 13.7. The number of amides is 4. The first-order valence-electron chi connectivity index (χ1n) is 7.83. The Kier molecular flexibility index (Phi) is 3.43. The summed E-state index contributed by atoms with van der Waals surface area (Å²) >= 11 is 0. The van der Waals surface area contributed by atoms with Gasteiger partial charge in [0.2, 0.25) is 0 Å². The molecule has 0 radical (unpaired) electrons. The second kappa shape index (κ2) is 5.66. The molecular weight excluding hydrogens is 336 g/mol. The Balaban J connectivity index is 1.61. The Morgan fingerprint density at radius 1 is 1.15 bits per heavy atom. The molecule has 3 heterocycles. The third-order valence-electron chi connectivity index (χ3n) is 4.27. The third-order valence-corrected chi connectivity index (χ3v) is 4.27. The lowest BCUT2D eigenvalue weighted by Gasteiger charge is -2.22. The van der Waals surface area contributed by atoms with E-state index >= 15 is 0 Å². The van der Waals surface area contributed by atoms with Crippen molar-refractivity contribution >= 4 is 23.5 Å². The van der Waals surface area contributed by atoms with E-state index in [1.165, 1.54) is 16.9 Å². The van der Waals surface area contributed by atoms with E-state index in [1.807, 2.05) is 6.07 Å². The van der Waals surface area contributed by atoms with Crippen LogP contribution in [-0.4, -0.2) is 37.5 Å². The maximum Gasteiger partial charge on any atom is 0.344 e. The zero-order chi connectivity index (χ0) is 18.3. The molecule has 9 heteroatoms. The predicted octanol–water partition coefficient (Wildman–Crippen LogP) is 0.841. The van der Waals surface area contributed by atoms with Crippen LogP contribution in [0.25, 0.3) is 5.65 Å². The lowest BCUT2D eigenvalue weighted by molar-refractivity contribution is -0.132. The van der Waals surface area contributed by atoms with Crippen molar-refractivity contribution in [1.29, 1.82) is 0 Å². The molecule has 1 aliphatic heterocycles. The molecule has 1 atom stereocenters. The number of fused-ring (bicyclic) bond motifs is 1. The van der Waals surface area contributed by atoms with Crippen molar-refractivity contribution in [2.75, 3.05) is 0 Å². The van der Waals surface area contributed by atoms with E-state index in [9.17, 15) is 14.4 Å². The molecule has 2 N–H and O–H groups in total. The lowest BCUT2D eigenvalue weighted by atomic mass is 9.92. The van der Waals surface area contributed by atoms with Crippen LogP contribution in [0.15, 0.2) is 54.9 Å². The number of imidazole rings is 1. The van der Waals surface area contributed by atoms with Crippen LogP contribution in [0.4, 0.5) is 4.79 Å². The Labute approximate surface area is 147 Å². The van der Waals surface area contributed by atoms with Crippen LogP contribution in [0.2, 0.25) is 0 Å². The van der Waals surface area contributed by atoms with Crippen LogP contribution in [0.5, 0.6) is 0 Å². The van der Waals surface area contributed by atoms with Crippen molar-refractivity contribution in [3.05, 3.63) is 66.1 Å². The van der Waals surface area contributed by atoms with Crippen molar-refractivity contribution in [2.24, 2.45) is 0 Å².